The number of hydrogen-bond donors (Lipinski definition) is 1. The number of alkyl halides is 1. The third-order valence-electron chi connectivity index (χ3n) is 7.76. The first kappa shape index (κ1) is 34.0. The number of halogens is 2. The molecule has 4 rings (SSSR count). The summed E-state index contributed by atoms with van der Waals surface area (Å²) in [5.41, 5.74) is 2.46. The molecule has 1 aliphatic heterocycles. The third-order valence-corrected chi connectivity index (χ3v) is 9.26. The minimum atomic E-state index is -1.96. The SMILES string of the molecule is CCCCOCC1OC(O)(c2ccc(Cl)c(Cc3ccc(-c4ccccc4)s3)c2)[C@H](OCCCC)C(OCCCC)[C@@H]1F. The first-order valence-electron chi connectivity index (χ1n) is 15.7. The molecule has 0 aliphatic carbocycles. The van der Waals surface area contributed by atoms with Crippen molar-refractivity contribution in [2.45, 2.75) is 96.0 Å². The van der Waals surface area contributed by atoms with Crippen LogP contribution in [0.1, 0.15) is 75.3 Å². The van der Waals surface area contributed by atoms with Crippen LogP contribution in [-0.2, 0) is 31.2 Å². The number of benzene rings is 2. The minimum absolute atomic E-state index is 0.0106. The number of unbranched alkanes of at least 4 members (excludes halogenated alkanes) is 3. The molecule has 1 N–H and O–H groups in total. The molecule has 5 nitrogen and oxygen atoms in total. The van der Waals surface area contributed by atoms with E-state index in [1.54, 1.807) is 23.5 Å². The normalized spacial score (nSPS) is 24.0. The Kier molecular flexibility index (Phi) is 13.5. The first-order chi connectivity index (χ1) is 20.9. The average Bonchev–Trinajstić information content (AvgIpc) is 3.49. The molecule has 5 atom stereocenters. The van der Waals surface area contributed by atoms with Crippen molar-refractivity contribution in [2.75, 3.05) is 26.4 Å². The highest BCUT2D eigenvalue weighted by molar-refractivity contribution is 7.15. The summed E-state index contributed by atoms with van der Waals surface area (Å²) in [6.45, 7) is 7.41. The molecule has 0 saturated carbocycles. The van der Waals surface area contributed by atoms with Gasteiger partial charge in [-0.05, 0) is 54.7 Å². The van der Waals surface area contributed by atoms with E-state index in [1.807, 2.05) is 24.3 Å². The Morgan fingerprint density at radius 2 is 1.60 bits per heavy atom. The van der Waals surface area contributed by atoms with Gasteiger partial charge in [0.2, 0.25) is 5.79 Å². The summed E-state index contributed by atoms with van der Waals surface area (Å²) in [6, 6.07) is 19.8. The highest BCUT2D eigenvalue weighted by atomic mass is 35.5. The molecule has 2 aromatic carbocycles. The highest BCUT2D eigenvalue weighted by Gasteiger charge is 2.57. The van der Waals surface area contributed by atoms with Gasteiger partial charge in [-0.2, -0.15) is 0 Å². The molecule has 0 spiro atoms. The summed E-state index contributed by atoms with van der Waals surface area (Å²) in [5, 5.41) is 12.9. The van der Waals surface area contributed by atoms with E-state index >= 15 is 4.39 Å². The maximum Gasteiger partial charge on any atom is 0.222 e. The highest BCUT2D eigenvalue weighted by Crippen LogP contribution is 2.42. The zero-order chi connectivity index (χ0) is 30.7. The maximum absolute atomic E-state index is 16.1. The Balaban J connectivity index is 1.66. The Morgan fingerprint density at radius 3 is 2.33 bits per heavy atom. The van der Waals surface area contributed by atoms with Crippen molar-refractivity contribution in [1.82, 2.24) is 0 Å². The molecule has 236 valence electrons. The lowest BCUT2D eigenvalue weighted by atomic mass is 9.87. The van der Waals surface area contributed by atoms with Gasteiger partial charge < -0.3 is 24.1 Å². The number of aliphatic hydroxyl groups is 1. The van der Waals surface area contributed by atoms with Crippen molar-refractivity contribution in [3.8, 4) is 10.4 Å². The molecule has 1 fully saturated rings. The van der Waals surface area contributed by atoms with Gasteiger partial charge in [0, 0.05) is 46.6 Å². The summed E-state index contributed by atoms with van der Waals surface area (Å²) in [5.74, 6) is -1.96. The van der Waals surface area contributed by atoms with Crippen LogP contribution in [0.25, 0.3) is 10.4 Å². The lowest BCUT2D eigenvalue weighted by Crippen LogP contribution is -2.64. The number of ether oxygens (including phenoxy) is 4. The van der Waals surface area contributed by atoms with Crippen molar-refractivity contribution in [2.24, 2.45) is 0 Å². The quantitative estimate of drug-likeness (QED) is 0.151. The average molecular weight is 633 g/mol. The van der Waals surface area contributed by atoms with Crippen LogP contribution in [0, 0.1) is 0 Å². The second-order valence-electron chi connectivity index (χ2n) is 11.2. The fourth-order valence-corrected chi connectivity index (χ4v) is 6.45. The minimum Gasteiger partial charge on any atom is -0.379 e. The molecule has 1 aromatic heterocycles. The summed E-state index contributed by atoms with van der Waals surface area (Å²) >= 11 is 8.41. The van der Waals surface area contributed by atoms with Gasteiger partial charge in [-0.25, -0.2) is 4.39 Å². The van der Waals surface area contributed by atoms with Crippen molar-refractivity contribution in [3.05, 3.63) is 81.7 Å². The second-order valence-corrected chi connectivity index (χ2v) is 12.8. The molecule has 43 heavy (non-hydrogen) atoms. The van der Waals surface area contributed by atoms with Crippen LogP contribution < -0.4 is 0 Å². The number of rotatable bonds is 17. The van der Waals surface area contributed by atoms with Gasteiger partial charge in [-0.1, -0.05) is 88.0 Å². The fraction of sp³-hybridized carbons (Fsp3) is 0.543. The van der Waals surface area contributed by atoms with Crippen LogP contribution in [0.5, 0.6) is 0 Å². The monoisotopic (exact) mass is 632 g/mol. The van der Waals surface area contributed by atoms with Crippen LogP contribution >= 0.6 is 22.9 Å². The van der Waals surface area contributed by atoms with Crippen LogP contribution in [0.15, 0.2) is 60.7 Å². The van der Waals surface area contributed by atoms with Crippen LogP contribution in [0.2, 0.25) is 5.02 Å². The number of hydrogen-bond acceptors (Lipinski definition) is 6. The maximum atomic E-state index is 16.1. The third kappa shape index (κ3) is 8.88. The van der Waals surface area contributed by atoms with Gasteiger partial charge in [-0.15, -0.1) is 11.3 Å². The van der Waals surface area contributed by atoms with E-state index in [0.717, 1.165) is 54.5 Å². The van der Waals surface area contributed by atoms with Gasteiger partial charge in [0.15, 0.2) is 6.17 Å². The molecule has 2 heterocycles. The van der Waals surface area contributed by atoms with Crippen LogP contribution in [-0.4, -0.2) is 56.0 Å². The Morgan fingerprint density at radius 1 is 0.907 bits per heavy atom. The lowest BCUT2D eigenvalue weighted by Gasteiger charge is -2.48. The Hall–Kier alpha value is -1.84. The Labute approximate surface area is 265 Å². The van der Waals surface area contributed by atoms with Gasteiger partial charge >= 0.3 is 0 Å². The van der Waals surface area contributed by atoms with Crippen molar-refractivity contribution < 1.29 is 28.4 Å². The molecular weight excluding hydrogens is 587 g/mol. The van der Waals surface area contributed by atoms with Gasteiger partial charge in [0.05, 0.1) is 6.61 Å². The fourth-order valence-electron chi connectivity index (χ4n) is 5.22. The standard InChI is InChI=1S/C35H46ClFO5S/c1-4-7-19-39-24-30-32(37)33(40-20-8-5-2)34(41-21-9-6-3)35(38,42-30)27-15-17-29(36)26(22-27)23-28-16-18-31(43-28)25-13-11-10-12-14-25/h10-18,22,30,32-34,38H,4-9,19-21,23-24H2,1-3H3/t30?,32-,33?,34-,35?/m1/s1. The molecule has 1 aliphatic rings. The first-order valence-corrected chi connectivity index (χ1v) is 16.9. The molecule has 0 bridgehead atoms. The molecule has 8 heteroatoms. The molecule has 0 amide bonds. The van der Waals surface area contributed by atoms with Crippen LogP contribution in [0.3, 0.4) is 0 Å². The smallest absolute Gasteiger partial charge is 0.222 e. The van der Waals surface area contributed by atoms with E-state index in [9.17, 15) is 5.11 Å². The van der Waals surface area contributed by atoms with E-state index in [4.69, 9.17) is 30.5 Å². The summed E-state index contributed by atoms with van der Waals surface area (Å²) in [4.78, 5) is 2.31. The lowest BCUT2D eigenvalue weighted by molar-refractivity contribution is -0.363. The zero-order valence-corrected chi connectivity index (χ0v) is 27.2. The van der Waals surface area contributed by atoms with Crippen molar-refractivity contribution in [1.29, 1.82) is 0 Å². The van der Waals surface area contributed by atoms with E-state index < -0.39 is 30.3 Å². The van der Waals surface area contributed by atoms with Crippen LogP contribution in [0.4, 0.5) is 4.39 Å². The van der Waals surface area contributed by atoms with Gasteiger partial charge in [0.25, 0.3) is 0 Å². The van der Waals surface area contributed by atoms with Crippen molar-refractivity contribution >= 4 is 22.9 Å². The summed E-state index contributed by atoms with van der Waals surface area (Å²) in [7, 11) is 0. The van der Waals surface area contributed by atoms with E-state index in [1.165, 1.54) is 4.88 Å². The molecule has 1 saturated heterocycles. The molecule has 0 radical (unpaired) electrons. The van der Waals surface area contributed by atoms with E-state index in [2.05, 4.69) is 45.0 Å². The van der Waals surface area contributed by atoms with E-state index in [-0.39, 0.29) is 6.61 Å². The van der Waals surface area contributed by atoms with Crippen molar-refractivity contribution in [3.63, 3.8) is 0 Å². The predicted molar refractivity (Wildman–Crippen MR) is 173 cm³/mol. The molecular formula is C35H46ClFO5S. The Bertz CT molecular complexity index is 1240. The van der Waals surface area contributed by atoms with Gasteiger partial charge in [-0.3, -0.25) is 0 Å². The molecule has 3 aromatic rings. The van der Waals surface area contributed by atoms with E-state index in [0.29, 0.717) is 36.8 Å². The number of thiophene rings is 1. The topological polar surface area (TPSA) is 57.2 Å². The zero-order valence-electron chi connectivity index (χ0n) is 25.6. The summed E-state index contributed by atoms with van der Waals surface area (Å²) < 4.78 is 40.5. The largest absolute Gasteiger partial charge is 0.379 e. The second kappa shape index (κ2) is 17.0. The summed E-state index contributed by atoms with van der Waals surface area (Å²) in [6.07, 6.45) is 1.11. The predicted octanol–water partition coefficient (Wildman–Crippen LogP) is 8.73. The molecule has 3 unspecified atom stereocenters. The van der Waals surface area contributed by atoms with Gasteiger partial charge in [0.1, 0.15) is 18.3 Å².